The number of benzene rings is 1. The summed E-state index contributed by atoms with van der Waals surface area (Å²) in [7, 11) is 0. The molecule has 2 aliphatic rings. The third-order valence-electron chi connectivity index (χ3n) is 6.24. The van der Waals surface area contributed by atoms with Crippen LogP contribution in [0.2, 0.25) is 0 Å². The molecule has 3 aromatic rings. The van der Waals surface area contributed by atoms with E-state index in [1.54, 1.807) is 0 Å². The highest BCUT2D eigenvalue weighted by molar-refractivity contribution is 5.81. The molecule has 1 unspecified atom stereocenters. The molecule has 3 heterocycles. The Balaban J connectivity index is 1.46. The largest absolute Gasteiger partial charge is 0.368 e. The number of aromatic nitrogens is 3. The van der Waals surface area contributed by atoms with Crippen LogP contribution >= 0.6 is 0 Å². The van der Waals surface area contributed by atoms with Crippen LogP contribution in [-0.2, 0) is 11.2 Å². The summed E-state index contributed by atoms with van der Waals surface area (Å²) >= 11 is 0. The molecule has 1 fully saturated rings. The van der Waals surface area contributed by atoms with E-state index >= 15 is 0 Å². The van der Waals surface area contributed by atoms with Crippen LogP contribution < -0.4 is 5.32 Å². The standard InChI is InChI=1S/C24H29N5O/c1-17-4-3-11-28(24(30)19-7-8-19)13-10-25-22-9-12-29-23(27-22)21(16-26-29)20-6-2-5-18(14-17)15-20/h2,5-6,9,12,15-17,19H,3-4,7-8,10-11,13-14H2,1H3,(H,25,27). The highest BCUT2D eigenvalue weighted by Gasteiger charge is 2.33. The lowest BCUT2D eigenvalue weighted by Crippen LogP contribution is -2.37. The summed E-state index contributed by atoms with van der Waals surface area (Å²) in [6.07, 6.45) is 9.17. The monoisotopic (exact) mass is 403 g/mol. The second kappa shape index (κ2) is 8.09. The van der Waals surface area contributed by atoms with Gasteiger partial charge < -0.3 is 10.2 Å². The van der Waals surface area contributed by atoms with Gasteiger partial charge in [-0.2, -0.15) is 5.10 Å². The molecule has 4 bridgehead atoms. The average molecular weight is 404 g/mol. The van der Waals surface area contributed by atoms with Crippen molar-refractivity contribution < 1.29 is 4.79 Å². The first-order valence-corrected chi connectivity index (χ1v) is 11.1. The maximum absolute atomic E-state index is 12.7. The number of rotatable bonds is 1. The van der Waals surface area contributed by atoms with E-state index in [4.69, 9.17) is 4.98 Å². The number of hydrogen-bond donors (Lipinski definition) is 1. The fourth-order valence-corrected chi connectivity index (χ4v) is 4.41. The van der Waals surface area contributed by atoms with Gasteiger partial charge in [0.15, 0.2) is 5.65 Å². The fourth-order valence-electron chi connectivity index (χ4n) is 4.41. The number of amides is 1. The van der Waals surface area contributed by atoms with E-state index < -0.39 is 0 Å². The first-order valence-electron chi connectivity index (χ1n) is 11.1. The van der Waals surface area contributed by atoms with Crippen LogP contribution in [-0.4, -0.2) is 45.0 Å². The Hall–Kier alpha value is -2.89. The van der Waals surface area contributed by atoms with Gasteiger partial charge in [-0.25, -0.2) is 9.50 Å². The van der Waals surface area contributed by atoms with Crippen molar-refractivity contribution in [3.63, 3.8) is 0 Å². The number of nitrogens with zero attached hydrogens (tertiary/aromatic N) is 4. The van der Waals surface area contributed by atoms with Crippen LogP contribution in [0.1, 0.15) is 38.2 Å². The summed E-state index contributed by atoms with van der Waals surface area (Å²) in [5.41, 5.74) is 4.40. The van der Waals surface area contributed by atoms with Crippen LogP contribution in [0.4, 0.5) is 5.82 Å². The molecule has 6 nitrogen and oxygen atoms in total. The van der Waals surface area contributed by atoms with E-state index in [1.165, 1.54) is 5.56 Å². The molecular weight excluding hydrogens is 374 g/mol. The predicted octanol–water partition coefficient (Wildman–Crippen LogP) is 4.02. The molecule has 5 rings (SSSR count). The summed E-state index contributed by atoms with van der Waals surface area (Å²) in [6, 6.07) is 10.7. The number of fused-ring (bicyclic) bond motifs is 4. The molecule has 0 radical (unpaired) electrons. The van der Waals surface area contributed by atoms with Gasteiger partial charge in [-0.05, 0) is 55.2 Å². The van der Waals surface area contributed by atoms with Crippen molar-refractivity contribution in [2.45, 2.75) is 39.0 Å². The van der Waals surface area contributed by atoms with Crippen LogP contribution in [0.25, 0.3) is 16.8 Å². The zero-order chi connectivity index (χ0) is 20.5. The first kappa shape index (κ1) is 19.1. The lowest BCUT2D eigenvalue weighted by Gasteiger charge is -2.24. The Bertz CT molecular complexity index is 1050. The highest BCUT2D eigenvalue weighted by Crippen LogP contribution is 2.31. The molecule has 1 aromatic carbocycles. The van der Waals surface area contributed by atoms with Crippen molar-refractivity contribution in [1.82, 2.24) is 19.5 Å². The van der Waals surface area contributed by atoms with Gasteiger partial charge in [-0.3, -0.25) is 4.79 Å². The number of carbonyl (C=O) groups excluding carboxylic acids is 1. The minimum absolute atomic E-state index is 0.264. The molecule has 1 N–H and O–H groups in total. The Morgan fingerprint density at radius 2 is 2.07 bits per heavy atom. The molecule has 2 aromatic heterocycles. The molecule has 30 heavy (non-hydrogen) atoms. The number of anilines is 1. The number of carbonyl (C=O) groups is 1. The zero-order valence-corrected chi connectivity index (χ0v) is 17.6. The Kier molecular flexibility index (Phi) is 5.15. The van der Waals surface area contributed by atoms with Gasteiger partial charge in [-0.1, -0.05) is 31.2 Å². The molecular formula is C24H29N5O. The van der Waals surface area contributed by atoms with E-state index in [0.29, 0.717) is 18.4 Å². The number of hydrogen-bond acceptors (Lipinski definition) is 4. The minimum Gasteiger partial charge on any atom is -0.368 e. The SMILES string of the molecule is CC1CCCN(C(=O)C2CC2)CCNc2ccn3ncc(c3n2)-c2cccc(c2)C1. The fraction of sp³-hybridized carbons (Fsp3) is 0.458. The van der Waals surface area contributed by atoms with Crippen molar-refractivity contribution in [2.24, 2.45) is 11.8 Å². The van der Waals surface area contributed by atoms with Crippen LogP contribution in [0.5, 0.6) is 0 Å². The van der Waals surface area contributed by atoms with E-state index in [1.807, 2.05) is 23.0 Å². The van der Waals surface area contributed by atoms with Gasteiger partial charge in [0.05, 0.1) is 6.20 Å². The van der Waals surface area contributed by atoms with Crippen LogP contribution in [0.3, 0.4) is 0 Å². The summed E-state index contributed by atoms with van der Waals surface area (Å²) in [5.74, 6) is 2.00. The second-order valence-corrected chi connectivity index (χ2v) is 8.82. The second-order valence-electron chi connectivity index (χ2n) is 8.82. The zero-order valence-electron chi connectivity index (χ0n) is 17.6. The summed E-state index contributed by atoms with van der Waals surface area (Å²) in [4.78, 5) is 19.6. The minimum atomic E-state index is 0.264. The van der Waals surface area contributed by atoms with Crippen LogP contribution in [0, 0.1) is 11.8 Å². The highest BCUT2D eigenvalue weighted by atomic mass is 16.2. The molecule has 0 saturated heterocycles. The predicted molar refractivity (Wildman–Crippen MR) is 118 cm³/mol. The lowest BCUT2D eigenvalue weighted by atomic mass is 9.94. The quantitative estimate of drug-likeness (QED) is 0.667. The van der Waals surface area contributed by atoms with Crippen molar-refractivity contribution in [3.8, 4) is 11.1 Å². The molecule has 1 saturated carbocycles. The molecule has 1 amide bonds. The van der Waals surface area contributed by atoms with Gasteiger partial charge >= 0.3 is 0 Å². The van der Waals surface area contributed by atoms with Gasteiger partial charge in [-0.15, -0.1) is 0 Å². The number of nitrogens with one attached hydrogen (secondary N) is 1. The van der Waals surface area contributed by atoms with Gasteiger partial charge in [0.1, 0.15) is 5.82 Å². The summed E-state index contributed by atoms with van der Waals surface area (Å²) in [6.45, 7) is 4.59. The maximum atomic E-state index is 12.7. The average Bonchev–Trinajstić information content (AvgIpc) is 3.51. The smallest absolute Gasteiger partial charge is 0.225 e. The Labute approximate surface area is 177 Å². The lowest BCUT2D eigenvalue weighted by molar-refractivity contribution is -0.132. The third-order valence-corrected chi connectivity index (χ3v) is 6.24. The van der Waals surface area contributed by atoms with Crippen molar-refractivity contribution >= 4 is 17.4 Å². The summed E-state index contributed by atoms with van der Waals surface area (Å²) in [5, 5.41) is 7.90. The molecule has 1 aliphatic heterocycles. The molecule has 0 spiro atoms. The van der Waals surface area contributed by atoms with Gasteiger partial charge in [0.25, 0.3) is 0 Å². The topological polar surface area (TPSA) is 62.5 Å². The van der Waals surface area contributed by atoms with Crippen molar-refractivity contribution in [1.29, 1.82) is 0 Å². The van der Waals surface area contributed by atoms with E-state index in [2.05, 4.69) is 46.5 Å². The van der Waals surface area contributed by atoms with Crippen molar-refractivity contribution in [2.75, 3.05) is 25.0 Å². The molecule has 6 heteroatoms. The van der Waals surface area contributed by atoms with Gasteiger partial charge in [0, 0.05) is 37.3 Å². The Morgan fingerprint density at radius 3 is 2.93 bits per heavy atom. The van der Waals surface area contributed by atoms with E-state index in [0.717, 1.165) is 67.8 Å². The first-order chi connectivity index (χ1) is 14.7. The third kappa shape index (κ3) is 4.04. The molecule has 156 valence electrons. The maximum Gasteiger partial charge on any atom is 0.225 e. The van der Waals surface area contributed by atoms with Crippen molar-refractivity contribution in [3.05, 3.63) is 48.3 Å². The van der Waals surface area contributed by atoms with Crippen LogP contribution in [0.15, 0.2) is 42.7 Å². The normalized spacial score (nSPS) is 20.3. The van der Waals surface area contributed by atoms with E-state index in [9.17, 15) is 4.79 Å². The van der Waals surface area contributed by atoms with E-state index in [-0.39, 0.29) is 5.92 Å². The summed E-state index contributed by atoms with van der Waals surface area (Å²) < 4.78 is 1.82. The Morgan fingerprint density at radius 1 is 1.17 bits per heavy atom. The molecule has 1 atom stereocenters. The molecule has 1 aliphatic carbocycles. The van der Waals surface area contributed by atoms with Gasteiger partial charge in [0.2, 0.25) is 5.91 Å².